The second-order valence-electron chi connectivity index (χ2n) is 13.3. The van der Waals surface area contributed by atoms with Crippen LogP contribution in [-0.2, 0) is 13.8 Å². The Labute approximate surface area is 271 Å². The number of quaternary nitrogens is 1. The molecule has 0 aromatic carbocycles. The van der Waals surface area contributed by atoms with Gasteiger partial charge in [0.25, 0.3) is 0 Å². The van der Waals surface area contributed by atoms with Gasteiger partial charge in [-0.2, -0.15) is 0 Å². The number of hydrogen-bond acceptors (Lipinski definition) is 6. The Morgan fingerprint density at radius 3 is 1.59 bits per heavy atom. The second-order valence-corrected chi connectivity index (χ2v) is 15.3. The fraction of sp³-hybridized carbons (Fsp3) is 0.943. The molecule has 0 saturated carbocycles. The van der Waals surface area contributed by atoms with E-state index >= 15 is 0 Å². The smallest absolute Gasteiger partial charge is 0.385 e. The Morgan fingerprint density at radius 1 is 0.682 bits per heavy atom. The molecule has 4 N–H and O–H groups in total. The van der Waals surface area contributed by atoms with Crippen LogP contribution >= 0.6 is 7.60 Å². The molecule has 8 nitrogen and oxygen atoms in total. The molecule has 0 aliphatic carbocycles. The lowest BCUT2D eigenvalue weighted by Gasteiger charge is -2.39. The Bertz CT molecular complexity index is 705. The molecule has 0 aliphatic heterocycles. The summed E-state index contributed by atoms with van der Waals surface area (Å²) in [4.78, 5) is 10.5. The average Bonchev–Trinajstić information content (AvgIpc) is 2.97. The first-order valence-corrected chi connectivity index (χ1v) is 19.8. The van der Waals surface area contributed by atoms with Crippen LogP contribution in [0.5, 0.6) is 0 Å². The van der Waals surface area contributed by atoms with Gasteiger partial charge in [0.05, 0.1) is 33.9 Å². The van der Waals surface area contributed by atoms with E-state index in [9.17, 15) is 14.6 Å². The minimum absolute atomic E-state index is 0.0680. The number of rotatable bonds is 33. The summed E-state index contributed by atoms with van der Waals surface area (Å²) in [5, 5.41) is 28.5. The Balaban J connectivity index is 3.62. The van der Waals surface area contributed by atoms with E-state index in [0.717, 1.165) is 12.8 Å². The Kier molecular flexibility index (Phi) is 28.7. The molecule has 0 aromatic rings. The van der Waals surface area contributed by atoms with Crippen molar-refractivity contribution in [3.63, 3.8) is 0 Å². The van der Waals surface area contributed by atoms with E-state index in [4.69, 9.17) is 19.5 Å². The van der Waals surface area contributed by atoms with E-state index < -0.39 is 25.8 Å². The molecule has 0 rings (SSSR count). The van der Waals surface area contributed by atoms with E-state index in [-0.39, 0.29) is 24.1 Å². The monoisotopic (exact) mass is 651 g/mol. The average molecular weight is 651 g/mol. The second kappa shape index (κ2) is 28.9. The quantitative estimate of drug-likeness (QED) is 0.0185. The van der Waals surface area contributed by atoms with Crippen molar-refractivity contribution < 1.29 is 38.5 Å². The largest absolute Gasteiger partial charge is 0.388 e. The van der Waals surface area contributed by atoms with Gasteiger partial charge in [0.15, 0.2) is 12.1 Å². The van der Waals surface area contributed by atoms with E-state index in [1.165, 1.54) is 116 Å². The number of ether oxygens (including phenoxy) is 1. The van der Waals surface area contributed by atoms with Gasteiger partial charge in [0, 0.05) is 19.4 Å². The zero-order valence-electron chi connectivity index (χ0n) is 29.2. The first kappa shape index (κ1) is 43.7. The molecule has 0 spiro atoms. The molecule has 0 bridgehead atoms. The van der Waals surface area contributed by atoms with E-state index in [2.05, 4.69) is 19.1 Å². The first-order valence-electron chi connectivity index (χ1n) is 18.1. The highest BCUT2D eigenvalue weighted by Crippen LogP contribution is 2.52. The molecule has 0 radical (unpaired) electrons. The molecule has 0 saturated heterocycles. The van der Waals surface area contributed by atoms with Crippen molar-refractivity contribution in [2.75, 3.05) is 40.5 Å². The molecule has 0 fully saturated rings. The van der Waals surface area contributed by atoms with Crippen molar-refractivity contribution in [3.8, 4) is 0 Å². The number of allylic oxidation sites excluding steroid dienone is 2. The summed E-state index contributed by atoms with van der Waals surface area (Å²) >= 11 is 0. The summed E-state index contributed by atoms with van der Waals surface area (Å²) in [6.45, 7) is 4.74. The zero-order valence-corrected chi connectivity index (χ0v) is 30.1. The van der Waals surface area contributed by atoms with Crippen LogP contribution in [0.15, 0.2) is 12.2 Å². The van der Waals surface area contributed by atoms with Crippen LogP contribution in [0.4, 0.5) is 0 Å². The van der Waals surface area contributed by atoms with Gasteiger partial charge in [-0.3, -0.25) is 4.57 Å². The number of hydrogen-bond donors (Lipinski definition) is 4. The number of aliphatic hydroxyl groups is 3. The number of unbranched alkanes of at least 4 members (excludes halogenated alkanes) is 18. The lowest BCUT2D eigenvalue weighted by atomic mass is 10.0. The lowest BCUT2D eigenvalue weighted by molar-refractivity contribution is -0.903. The molecule has 2 unspecified atom stereocenters. The number of aliphatic hydroxyl groups excluding tert-OH is 2. The maximum absolute atomic E-state index is 12.9. The first-order chi connectivity index (χ1) is 21.1. The number of nitrogens with zero attached hydrogens (tertiary/aromatic N) is 1. The van der Waals surface area contributed by atoms with Crippen LogP contribution in [-0.4, -0.2) is 83.3 Å². The predicted molar refractivity (Wildman–Crippen MR) is 184 cm³/mol. The van der Waals surface area contributed by atoms with Crippen LogP contribution in [0.2, 0.25) is 0 Å². The molecule has 0 aliphatic rings. The van der Waals surface area contributed by atoms with Crippen LogP contribution in [0.3, 0.4) is 0 Å². The van der Waals surface area contributed by atoms with Gasteiger partial charge < -0.3 is 34.0 Å². The molecule has 0 aromatic heterocycles. The molecular formula is C35H73NO7P+. The fourth-order valence-corrected chi connectivity index (χ4v) is 7.70. The van der Waals surface area contributed by atoms with Crippen LogP contribution < -0.4 is 0 Å². The molecule has 9 heteroatoms. The predicted octanol–water partition coefficient (Wildman–Crippen LogP) is 8.46. The summed E-state index contributed by atoms with van der Waals surface area (Å²) in [5.41, 5.74) is 0. The third kappa shape index (κ3) is 25.8. The molecular weight excluding hydrogens is 577 g/mol. The van der Waals surface area contributed by atoms with Crippen LogP contribution in [0.25, 0.3) is 0 Å². The highest BCUT2D eigenvalue weighted by atomic mass is 31.2. The van der Waals surface area contributed by atoms with Crippen LogP contribution in [0, 0.1) is 0 Å². The van der Waals surface area contributed by atoms with Gasteiger partial charge in [-0.05, 0) is 32.1 Å². The Morgan fingerprint density at radius 2 is 1.14 bits per heavy atom. The summed E-state index contributed by atoms with van der Waals surface area (Å²) in [5.74, 6) is -0.727. The van der Waals surface area contributed by atoms with E-state index in [0.29, 0.717) is 19.6 Å². The summed E-state index contributed by atoms with van der Waals surface area (Å²) in [7, 11) is -0.502. The van der Waals surface area contributed by atoms with Crippen molar-refractivity contribution in [1.82, 2.24) is 0 Å². The van der Waals surface area contributed by atoms with Crippen molar-refractivity contribution in [1.29, 1.82) is 0 Å². The maximum atomic E-state index is 12.9. The molecule has 0 amide bonds. The van der Waals surface area contributed by atoms with Crippen molar-refractivity contribution in [2.24, 2.45) is 0 Å². The van der Waals surface area contributed by atoms with Gasteiger partial charge in [-0.1, -0.05) is 122 Å². The van der Waals surface area contributed by atoms with Crippen molar-refractivity contribution in [3.05, 3.63) is 12.2 Å². The van der Waals surface area contributed by atoms with Crippen molar-refractivity contribution >= 4 is 7.60 Å². The van der Waals surface area contributed by atoms with Gasteiger partial charge >= 0.3 is 7.60 Å². The summed E-state index contributed by atoms with van der Waals surface area (Å²) in [6.07, 6.45) is 29.0. The molecule has 44 heavy (non-hydrogen) atoms. The molecule has 0 heterocycles. The topological polar surface area (TPSA) is 116 Å². The van der Waals surface area contributed by atoms with E-state index in [1.54, 1.807) is 21.0 Å². The van der Waals surface area contributed by atoms with Gasteiger partial charge in [-0.15, -0.1) is 0 Å². The van der Waals surface area contributed by atoms with Gasteiger partial charge in [-0.25, -0.2) is 0 Å². The van der Waals surface area contributed by atoms with Crippen molar-refractivity contribution in [2.45, 2.75) is 173 Å². The van der Waals surface area contributed by atoms with Gasteiger partial charge in [0.1, 0.15) is 6.10 Å². The van der Waals surface area contributed by atoms with E-state index in [1.807, 2.05) is 0 Å². The third-order valence-corrected chi connectivity index (χ3v) is 10.8. The SMILES string of the molecule is CCCCCCCCCCCCC/C=C\CCCCCCCCCOC[C@@H](O)COP(=O)(O)C(CC)[N+](C)(C)CCC(O)O. The zero-order chi connectivity index (χ0) is 32.9. The van der Waals surface area contributed by atoms with Crippen LogP contribution in [0.1, 0.15) is 155 Å². The third-order valence-electron chi connectivity index (χ3n) is 8.57. The summed E-state index contributed by atoms with van der Waals surface area (Å²) in [6, 6.07) is 0. The molecule has 264 valence electrons. The maximum Gasteiger partial charge on any atom is 0.385 e. The molecule has 3 atom stereocenters. The summed E-state index contributed by atoms with van der Waals surface area (Å²) < 4.78 is 23.8. The highest BCUT2D eigenvalue weighted by molar-refractivity contribution is 7.53. The normalized spacial score (nSPS) is 15.3. The standard InChI is InChI=1S/C35H72NO7P/c1-5-7-8-9-10-11-12-13-14-15-16-17-18-19-20-21-22-23-24-25-26-27-30-42-31-33(37)32-43-44(40,41)34(6-2)36(3,4)29-28-35(38)39/h18-19,33-35,37-39H,5-17,20-32H2,1-4H3/p+1/b19-18-/t33-,34?/m1/s1. The lowest BCUT2D eigenvalue weighted by Crippen LogP contribution is -2.50. The minimum Gasteiger partial charge on any atom is -0.388 e. The fourth-order valence-electron chi connectivity index (χ4n) is 5.78. The highest BCUT2D eigenvalue weighted by Gasteiger charge is 2.43. The minimum atomic E-state index is -4.03. The Hall–Kier alpha value is -0.310. The van der Waals surface area contributed by atoms with Gasteiger partial charge in [0.2, 0.25) is 0 Å².